The summed E-state index contributed by atoms with van der Waals surface area (Å²) in [5.41, 5.74) is 4.48. The SMILES string of the molecule is Cc1ccccc1NN1C(=O)c2cccc3c(Br)c([N+](=O)[O-])cc(c23)C1=O. The van der Waals surface area contributed by atoms with Gasteiger partial charge in [-0.2, -0.15) is 5.01 Å². The molecule has 1 N–H and O–H groups in total. The molecule has 134 valence electrons. The fourth-order valence-corrected chi connectivity index (χ4v) is 3.76. The third-order valence-electron chi connectivity index (χ3n) is 4.52. The highest BCUT2D eigenvalue weighted by molar-refractivity contribution is 9.10. The minimum Gasteiger partial charge on any atom is -0.288 e. The number of aryl methyl sites for hydroxylation is 1. The topological polar surface area (TPSA) is 92.6 Å². The average Bonchev–Trinajstić information content (AvgIpc) is 2.65. The summed E-state index contributed by atoms with van der Waals surface area (Å²) in [5, 5.41) is 13.2. The second kappa shape index (κ2) is 6.17. The third kappa shape index (κ3) is 2.57. The molecule has 0 fully saturated rings. The van der Waals surface area contributed by atoms with Crippen molar-refractivity contribution >= 4 is 49.9 Å². The minimum absolute atomic E-state index is 0.108. The molecule has 0 spiro atoms. The molecular formula is C19H12BrN3O4. The van der Waals surface area contributed by atoms with Gasteiger partial charge in [-0.15, -0.1) is 0 Å². The molecule has 3 aromatic rings. The van der Waals surface area contributed by atoms with E-state index in [1.165, 1.54) is 6.07 Å². The molecule has 3 aromatic carbocycles. The van der Waals surface area contributed by atoms with Gasteiger partial charge in [0.25, 0.3) is 17.5 Å². The molecule has 0 unspecified atom stereocenters. The molecular weight excluding hydrogens is 414 g/mol. The van der Waals surface area contributed by atoms with Crippen molar-refractivity contribution in [2.24, 2.45) is 0 Å². The van der Waals surface area contributed by atoms with E-state index in [9.17, 15) is 19.7 Å². The van der Waals surface area contributed by atoms with Crippen LogP contribution in [0, 0.1) is 17.0 Å². The zero-order valence-corrected chi connectivity index (χ0v) is 15.6. The van der Waals surface area contributed by atoms with Gasteiger partial charge >= 0.3 is 0 Å². The number of nitro groups is 1. The third-order valence-corrected chi connectivity index (χ3v) is 5.35. The van der Waals surface area contributed by atoms with E-state index < -0.39 is 16.7 Å². The van der Waals surface area contributed by atoms with Crippen molar-refractivity contribution in [2.75, 3.05) is 5.43 Å². The highest BCUT2D eigenvalue weighted by Gasteiger charge is 2.36. The number of carbonyl (C=O) groups is 2. The molecule has 2 amide bonds. The van der Waals surface area contributed by atoms with E-state index in [1.54, 1.807) is 30.3 Å². The molecule has 27 heavy (non-hydrogen) atoms. The van der Waals surface area contributed by atoms with Gasteiger partial charge in [0.05, 0.1) is 21.7 Å². The van der Waals surface area contributed by atoms with Crippen LogP contribution in [0.25, 0.3) is 10.8 Å². The van der Waals surface area contributed by atoms with Crippen LogP contribution in [-0.2, 0) is 0 Å². The Morgan fingerprint density at radius 3 is 2.44 bits per heavy atom. The smallest absolute Gasteiger partial charge is 0.284 e. The maximum absolute atomic E-state index is 13.0. The quantitative estimate of drug-likeness (QED) is 0.380. The number of nitro benzene ring substituents is 1. The molecule has 0 aliphatic carbocycles. The number of nitrogens with zero attached hydrogens (tertiary/aromatic N) is 2. The van der Waals surface area contributed by atoms with Crippen molar-refractivity contribution in [3.63, 3.8) is 0 Å². The van der Waals surface area contributed by atoms with Gasteiger partial charge in [-0.1, -0.05) is 30.3 Å². The van der Waals surface area contributed by atoms with Crippen LogP contribution in [0.5, 0.6) is 0 Å². The van der Waals surface area contributed by atoms with E-state index in [2.05, 4.69) is 21.4 Å². The molecule has 1 aliphatic heterocycles. The minimum atomic E-state index is -0.637. The number of rotatable bonds is 3. The van der Waals surface area contributed by atoms with Crippen LogP contribution in [-0.4, -0.2) is 21.7 Å². The number of anilines is 1. The van der Waals surface area contributed by atoms with Gasteiger partial charge < -0.3 is 0 Å². The highest BCUT2D eigenvalue weighted by atomic mass is 79.9. The normalized spacial score (nSPS) is 13.2. The van der Waals surface area contributed by atoms with Crippen LogP contribution in [0.15, 0.2) is 53.0 Å². The van der Waals surface area contributed by atoms with Crippen LogP contribution in [0.3, 0.4) is 0 Å². The molecule has 0 radical (unpaired) electrons. The monoisotopic (exact) mass is 425 g/mol. The van der Waals surface area contributed by atoms with Crippen LogP contribution in [0.4, 0.5) is 11.4 Å². The Hall–Kier alpha value is -3.26. The van der Waals surface area contributed by atoms with Crippen LogP contribution < -0.4 is 5.43 Å². The highest BCUT2D eigenvalue weighted by Crippen LogP contribution is 2.39. The number of hydrazine groups is 1. The van der Waals surface area contributed by atoms with Crippen molar-refractivity contribution in [3.05, 3.63) is 79.8 Å². The number of para-hydroxylation sites is 1. The first kappa shape index (κ1) is 17.2. The Bertz CT molecular complexity index is 1160. The van der Waals surface area contributed by atoms with Gasteiger partial charge in [0.1, 0.15) is 4.47 Å². The zero-order chi connectivity index (χ0) is 19.3. The van der Waals surface area contributed by atoms with E-state index in [4.69, 9.17) is 0 Å². The Labute approximate surface area is 161 Å². The maximum atomic E-state index is 13.0. The summed E-state index contributed by atoms with van der Waals surface area (Å²) in [6.07, 6.45) is 0. The molecule has 8 heteroatoms. The maximum Gasteiger partial charge on any atom is 0.284 e. The molecule has 0 atom stereocenters. The Kier molecular flexibility index (Phi) is 3.92. The Morgan fingerprint density at radius 2 is 1.74 bits per heavy atom. The fourth-order valence-electron chi connectivity index (χ4n) is 3.17. The van der Waals surface area contributed by atoms with Gasteiger partial charge in [0.2, 0.25) is 0 Å². The summed E-state index contributed by atoms with van der Waals surface area (Å²) < 4.78 is 0.244. The number of carbonyl (C=O) groups excluding carboxylic acids is 2. The number of benzene rings is 3. The van der Waals surface area contributed by atoms with Gasteiger partial charge in [-0.05, 0) is 40.5 Å². The van der Waals surface area contributed by atoms with Crippen LogP contribution in [0.2, 0.25) is 0 Å². The lowest BCUT2D eigenvalue weighted by Gasteiger charge is -2.28. The zero-order valence-electron chi connectivity index (χ0n) is 14.0. The van der Waals surface area contributed by atoms with Crippen LogP contribution in [0.1, 0.15) is 26.3 Å². The Balaban J connectivity index is 1.93. The number of nitrogens with one attached hydrogen (secondary N) is 1. The van der Waals surface area contributed by atoms with Gasteiger partial charge in [0, 0.05) is 16.8 Å². The lowest BCUT2D eigenvalue weighted by atomic mass is 9.94. The summed E-state index contributed by atoms with van der Waals surface area (Å²) in [4.78, 5) is 36.8. The largest absolute Gasteiger partial charge is 0.288 e. The number of imide groups is 1. The van der Waals surface area contributed by atoms with Crippen molar-refractivity contribution in [3.8, 4) is 0 Å². The summed E-state index contributed by atoms with van der Waals surface area (Å²) >= 11 is 3.23. The van der Waals surface area contributed by atoms with Crippen molar-refractivity contribution in [1.29, 1.82) is 0 Å². The van der Waals surface area contributed by atoms with Crippen molar-refractivity contribution in [1.82, 2.24) is 5.01 Å². The van der Waals surface area contributed by atoms with Crippen molar-refractivity contribution < 1.29 is 14.5 Å². The molecule has 0 saturated heterocycles. The lowest BCUT2D eigenvalue weighted by Crippen LogP contribution is -2.44. The molecule has 7 nitrogen and oxygen atoms in total. The average molecular weight is 426 g/mol. The lowest BCUT2D eigenvalue weighted by molar-refractivity contribution is -0.385. The number of hydrogen-bond donors (Lipinski definition) is 1. The molecule has 0 aromatic heterocycles. The standard InChI is InChI=1S/C19H12BrN3O4/c1-10-5-2-3-8-14(10)21-22-18(24)12-7-4-6-11-16(12)13(19(22)25)9-15(17(11)20)23(26)27/h2-9,21H,1H3. The number of halogens is 1. The first-order chi connectivity index (χ1) is 12.9. The molecule has 0 bridgehead atoms. The summed E-state index contributed by atoms with van der Waals surface area (Å²) in [5.74, 6) is -1.15. The van der Waals surface area contributed by atoms with E-state index in [1.807, 2.05) is 19.1 Å². The summed E-state index contributed by atoms with van der Waals surface area (Å²) in [6, 6.07) is 13.3. The number of amides is 2. The summed E-state index contributed by atoms with van der Waals surface area (Å²) in [7, 11) is 0. The van der Waals surface area contributed by atoms with Crippen LogP contribution >= 0.6 is 15.9 Å². The van der Waals surface area contributed by atoms with E-state index >= 15 is 0 Å². The predicted molar refractivity (Wildman–Crippen MR) is 104 cm³/mol. The van der Waals surface area contributed by atoms with E-state index in [0.717, 1.165) is 10.6 Å². The molecule has 1 aliphatic rings. The van der Waals surface area contributed by atoms with Crippen molar-refractivity contribution in [2.45, 2.75) is 6.92 Å². The van der Waals surface area contributed by atoms with E-state index in [-0.39, 0.29) is 15.7 Å². The number of hydrogen-bond acceptors (Lipinski definition) is 5. The van der Waals surface area contributed by atoms with Gasteiger partial charge in [0.15, 0.2) is 0 Å². The summed E-state index contributed by atoms with van der Waals surface area (Å²) in [6.45, 7) is 1.85. The predicted octanol–water partition coefficient (Wildman–Crippen LogP) is 4.44. The molecule has 0 saturated carbocycles. The second-order valence-electron chi connectivity index (χ2n) is 6.11. The van der Waals surface area contributed by atoms with Gasteiger partial charge in [-0.3, -0.25) is 25.1 Å². The second-order valence-corrected chi connectivity index (χ2v) is 6.91. The first-order valence-corrected chi connectivity index (χ1v) is 8.80. The molecule has 4 rings (SSSR count). The first-order valence-electron chi connectivity index (χ1n) is 8.01. The Morgan fingerprint density at radius 1 is 1.04 bits per heavy atom. The molecule has 1 heterocycles. The van der Waals surface area contributed by atoms with E-state index in [0.29, 0.717) is 22.0 Å². The van der Waals surface area contributed by atoms with Gasteiger partial charge in [-0.25, -0.2) is 0 Å². The fraction of sp³-hybridized carbons (Fsp3) is 0.0526.